The smallest absolute Gasteiger partial charge is 1.00 e. The first kappa shape index (κ1) is 11.8. The van der Waals surface area contributed by atoms with Crippen LogP contribution in [0, 0.1) is 0 Å². The van der Waals surface area contributed by atoms with Crippen molar-refractivity contribution in [3.05, 3.63) is 0 Å². The van der Waals surface area contributed by atoms with Crippen LogP contribution < -0.4 is 29.6 Å². The average molecular weight is 145 g/mol. The van der Waals surface area contributed by atoms with Gasteiger partial charge in [-0.05, 0) is 17.9 Å². The molecule has 0 heterocycles. The van der Waals surface area contributed by atoms with E-state index in [2.05, 4.69) is 0 Å². The Kier molecular flexibility index (Phi) is 9.13. The first-order valence-corrected chi connectivity index (χ1v) is 3.62. The molecule has 8 heavy (non-hydrogen) atoms. The van der Waals surface area contributed by atoms with Crippen molar-refractivity contribution in [2.45, 2.75) is 25.9 Å². The fraction of sp³-hybridized carbons (Fsp3) is 1.00. The fourth-order valence-electron chi connectivity index (χ4n) is 0.156. The molecule has 0 aliphatic heterocycles. The van der Waals surface area contributed by atoms with Crippen LogP contribution in [0.25, 0.3) is 0 Å². The Morgan fingerprint density at radius 3 is 2.25 bits per heavy atom. The van der Waals surface area contributed by atoms with Gasteiger partial charge in [-0.3, -0.25) is 0 Å². The van der Waals surface area contributed by atoms with Crippen LogP contribution in [0.4, 0.5) is 0 Å². The normalized spacial score (nSPS) is 14.1. The van der Waals surface area contributed by atoms with Crippen molar-refractivity contribution in [3.8, 4) is 0 Å². The molecule has 2 unspecified atom stereocenters. The molecule has 0 amide bonds. The summed E-state index contributed by atoms with van der Waals surface area (Å²) in [5.41, 5.74) is -0.0324. The molecule has 0 radical (unpaired) electrons. The van der Waals surface area contributed by atoms with Crippen molar-refractivity contribution in [2.75, 3.05) is 0 Å². The third-order valence-electron chi connectivity index (χ3n) is 0.968. The molecule has 0 bridgehead atoms. The Hall–Kier alpha value is 1.06. The average Bonchev–Trinajstić information content (AvgIpc) is 1.65. The van der Waals surface area contributed by atoms with Gasteiger partial charge in [-0.25, -0.2) is 0 Å². The topological polar surface area (TPSA) is 37.3 Å². The SMILES string of the molecule is CCC(C)[P+](=O)O.[H-].[Na+]. The zero-order valence-corrected chi connectivity index (χ0v) is 8.48. The molecular formula is C4H11NaO2P+. The molecule has 0 fully saturated rings. The van der Waals surface area contributed by atoms with E-state index in [1.807, 2.05) is 6.92 Å². The van der Waals surface area contributed by atoms with Crippen molar-refractivity contribution in [1.82, 2.24) is 0 Å². The maximum Gasteiger partial charge on any atom is 1.00 e. The summed E-state index contributed by atoms with van der Waals surface area (Å²) in [6, 6.07) is 0. The van der Waals surface area contributed by atoms with E-state index >= 15 is 0 Å². The van der Waals surface area contributed by atoms with Crippen LogP contribution in [0.2, 0.25) is 0 Å². The van der Waals surface area contributed by atoms with Crippen LogP contribution in [-0.4, -0.2) is 10.6 Å². The summed E-state index contributed by atoms with van der Waals surface area (Å²) < 4.78 is 10.1. The van der Waals surface area contributed by atoms with Gasteiger partial charge in [0.15, 0.2) is 5.66 Å². The summed E-state index contributed by atoms with van der Waals surface area (Å²) in [4.78, 5) is 8.33. The van der Waals surface area contributed by atoms with E-state index in [0.717, 1.165) is 6.42 Å². The Morgan fingerprint density at radius 2 is 2.25 bits per heavy atom. The fourth-order valence-corrected chi connectivity index (χ4v) is 0.469. The summed E-state index contributed by atoms with van der Waals surface area (Å²) in [6.45, 7) is 3.66. The van der Waals surface area contributed by atoms with Crippen LogP contribution in [0.1, 0.15) is 21.7 Å². The molecule has 0 saturated heterocycles. The Morgan fingerprint density at radius 1 is 1.88 bits per heavy atom. The van der Waals surface area contributed by atoms with E-state index in [1.54, 1.807) is 6.92 Å². The van der Waals surface area contributed by atoms with Crippen molar-refractivity contribution < 1.29 is 40.4 Å². The third kappa shape index (κ3) is 5.20. The molecule has 0 aromatic carbocycles. The second kappa shape index (κ2) is 6.18. The van der Waals surface area contributed by atoms with Crippen LogP contribution in [0.15, 0.2) is 0 Å². The van der Waals surface area contributed by atoms with Crippen molar-refractivity contribution in [1.29, 1.82) is 0 Å². The second-order valence-corrected chi connectivity index (χ2v) is 3.05. The van der Waals surface area contributed by atoms with Gasteiger partial charge < -0.3 is 1.43 Å². The zero-order valence-electron chi connectivity index (χ0n) is 6.59. The molecule has 2 nitrogen and oxygen atoms in total. The maximum atomic E-state index is 10.1. The number of rotatable bonds is 2. The minimum atomic E-state index is -1.91. The molecule has 0 aromatic heterocycles. The van der Waals surface area contributed by atoms with Gasteiger partial charge in [-0.2, -0.15) is 4.89 Å². The minimum absolute atomic E-state index is 0. The zero-order chi connectivity index (χ0) is 5.86. The van der Waals surface area contributed by atoms with Gasteiger partial charge in [0, 0.05) is 0 Å². The van der Waals surface area contributed by atoms with E-state index in [1.165, 1.54) is 0 Å². The Bertz CT molecular complexity index is 81.0. The van der Waals surface area contributed by atoms with E-state index < -0.39 is 8.03 Å². The quantitative estimate of drug-likeness (QED) is 0.384. The largest absolute Gasteiger partial charge is 1.00 e. The predicted molar refractivity (Wildman–Crippen MR) is 30.7 cm³/mol. The van der Waals surface area contributed by atoms with Crippen molar-refractivity contribution >= 4 is 8.03 Å². The van der Waals surface area contributed by atoms with Gasteiger partial charge in [-0.15, -0.1) is 0 Å². The first-order valence-electron chi connectivity index (χ1n) is 2.33. The molecule has 44 valence electrons. The molecular weight excluding hydrogens is 134 g/mol. The molecule has 0 aliphatic carbocycles. The summed E-state index contributed by atoms with van der Waals surface area (Å²) in [7, 11) is -1.91. The second-order valence-electron chi connectivity index (χ2n) is 1.56. The minimum Gasteiger partial charge on any atom is -1.00 e. The molecule has 2 atom stereocenters. The molecule has 0 aromatic rings. The van der Waals surface area contributed by atoms with Crippen molar-refractivity contribution in [3.63, 3.8) is 0 Å². The van der Waals surface area contributed by atoms with Gasteiger partial charge in [0.05, 0.1) is 0 Å². The standard InChI is InChI=1S/C4H9O2P.Na.H/c1-3-4(2)7(5)6;;/h4H,3H2,1-2H3;;/q;+1;-1/p+1. The van der Waals surface area contributed by atoms with Gasteiger partial charge in [-0.1, -0.05) is 6.92 Å². The third-order valence-corrected chi connectivity index (χ3v) is 2.09. The summed E-state index contributed by atoms with van der Waals surface area (Å²) >= 11 is 0. The van der Waals surface area contributed by atoms with Crippen LogP contribution in [-0.2, 0) is 4.57 Å². The predicted octanol–water partition coefficient (Wildman–Crippen LogP) is -1.36. The van der Waals surface area contributed by atoms with Crippen LogP contribution in [0.3, 0.4) is 0 Å². The van der Waals surface area contributed by atoms with E-state index in [-0.39, 0.29) is 36.6 Å². The Balaban J connectivity index is -0.000000180. The maximum absolute atomic E-state index is 10.1. The summed E-state index contributed by atoms with van der Waals surface area (Å²) in [5, 5.41) is 0. The van der Waals surface area contributed by atoms with Crippen LogP contribution >= 0.6 is 8.03 Å². The van der Waals surface area contributed by atoms with Crippen LogP contribution in [0.5, 0.6) is 0 Å². The van der Waals surface area contributed by atoms with Gasteiger partial charge in [0.2, 0.25) is 0 Å². The molecule has 4 heteroatoms. The van der Waals surface area contributed by atoms with Gasteiger partial charge >= 0.3 is 37.6 Å². The van der Waals surface area contributed by atoms with E-state index in [9.17, 15) is 4.57 Å². The van der Waals surface area contributed by atoms with Gasteiger partial charge in [0.1, 0.15) is 0 Å². The summed E-state index contributed by atoms with van der Waals surface area (Å²) in [6.07, 6.45) is 0.783. The Labute approximate surface area is 74.3 Å². The molecule has 0 spiro atoms. The monoisotopic (exact) mass is 145 g/mol. The summed E-state index contributed by atoms with van der Waals surface area (Å²) in [5.74, 6) is 0. The number of hydrogen-bond acceptors (Lipinski definition) is 1. The molecule has 1 N–H and O–H groups in total. The molecule has 0 rings (SSSR count). The first-order chi connectivity index (χ1) is 3.18. The van der Waals surface area contributed by atoms with Gasteiger partial charge in [0.25, 0.3) is 0 Å². The molecule has 0 aliphatic rings. The van der Waals surface area contributed by atoms with Crippen molar-refractivity contribution in [2.24, 2.45) is 0 Å². The number of hydrogen-bond donors (Lipinski definition) is 1. The van der Waals surface area contributed by atoms with E-state index in [4.69, 9.17) is 4.89 Å². The van der Waals surface area contributed by atoms with E-state index in [0.29, 0.717) is 0 Å². The molecule has 0 saturated carbocycles.